The number of benzene rings is 1. The molecule has 0 atom stereocenters. The lowest BCUT2D eigenvalue weighted by Gasteiger charge is -2.23. The Morgan fingerprint density at radius 3 is 2.70 bits per heavy atom. The normalized spacial score (nSPS) is 15.6. The van der Waals surface area contributed by atoms with E-state index in [-0.39, 0.29) is 12.9 Å². The van der Waals surface area contributed by atoms with Gasteiger partial charge in [-0.1, -0.05) is 30.3 Å². The minimum Gasteiger partial charge on any atom is -0.395 e. The molecule has 1 fully saturated rings. The molecule has 23 heavy (non-hydrogen) atoms. The summed E-state index contributed by atoms with van der Waals surface area (Å²) < 4.78 is 12.9. The summed E-state index contributed by atoms with van der Waals surface area (Å²) in [6, 6.07) is 10.3. The van der Waals surface area contributed by atoms with Gasteiger partial charge in [-0.2, -0.15) is 5.10 Å². The minimum absolute atomic E-state index is 0.116. The zero-order valence-electron chi connectivity index (χ0n) is 13.2. The van der Waals surface area contributed by atoms with Crippen LogP contribution in [0.2, 0.25) is 0 Å². The molecule has 0 bridgehead atoms. The van der Waals surface area contributed by atoms with Gasteiger partial charge in [0.1, 0.15) is 0 Å². The van der Waals surface area contributed by atoms with Gasteiger partial charge in [-0.25, -0.2) is 0 Å². The Labute approximate surface area is 136 Å². The molecule has 1 aromatic heterocycles. The van der Waals surface area contributed by atoms with E-state index in [1.807, 2.05) is 35.3 Å². The molecule has 2 heterocycles. The summed E-state index contributed by atoms with van der Waals surface area (Å²) in [5.74, 6) is 0. The molecule has 0 spiro atoms. The van der Waals surface area contributed by atoms with Crippen molar-refractivity contribution in [3.63, 3.8) is 0 Å². The van der Waals surface area contributed by atoms with Gasteiger partial charge in [0.05, 0.1) is 32.6 Å². The first-order valence-corrected chi connectivity index (χ1v) is 7.95. The van der Waals surface area contributed by atoms with E-state index < -0.39 is 0 Å². The quantitative estimate of drug-likeness (QED) is 0.790. The zero-order valence-corrected chi connectivity index (χ0v) is 13.2. The van der Waals surface area contributed by atoms with E-state index in [9.17, 15) is 5.11 Å². The van der Waals surface area contributed by atoms with Crippen LogP contribution in [0.4, 0.5) is 0 Å². The summed E-state index contributed by atoms with van der Waals surface area (Å²) >= 11 is 0. The second kappa shape index (κ2) is 8.21. The summed E-state index contributed by atoms with van der Waals surface area (Å²) in [5, 5.41) is 13.7. The van der Waals surface area contributed by atoms with Crippen molar-refractivity contribution in [1.29, 1.82) is 0 Å². The van der Waals surface area contributed by atoms with E-state index >= 15 is 0 Å². The molecule has 1 saturated heterocycles. The fourth-order valence-corrected chi connectivity index (χ4v) is 2.70. The Hall–Kier alpha value is -1.73. The molecule has 0 amide bonds. The third-order valence-corrected chi connectivity index (χ3v) is 3.79. The SMILES string of the molecule is OCCN(Cc1cnn(Cc2ccccc2)c1)CC1OCCO1. The Morgan fingerprint density at radius 2 is 1.96 bits per heavy atom. The van der Waals surface area contributed by atoms with Gasteiger partial charge in [0.15, 0.2) is 6.29 Å². The van der Waals surface area contributed by atoms with Crippen LogP contribution in [-0.4, -0.2) is 59.0 Å². The maximum atomic E-state index is 9.24. The van der Waals surface area contributed by atoms with Crippen LogP contribution in [0.5, 0.6) is 0 Å². The maximum absolute atomic E-state index is 9.24. The van der Waals surface area contributed by atoms with Crippen molar-refractivity contribution in [3.05, 3.63) is 53.9 Å². The number of hydrogen-bond donors (Lipinski definition) is 1. The van der Waals surface area contributed by atoms with Gasteiger partial charge in [0, 0.05) is 31.4 Å². The van der Waals surface area contributed by atoms with Gasteiger partial charge < -0.3 is 14.6 Å². The van der Waals surface area contributed by atoms with Crippen LogP contribution < -0.4 is 0 Å². The van der Waals surface area contributed by atoms with Crippen molar-refractivity contribution in [3.8, 4) is 0 Å². The number of aliphatic hydroxyl groups excluding tert-OH is 1. The van der Waals surface area contributed by atoms with Crippen LogP contribution in [-0.2, 0) is 22.6 Å². The average Bonchev–Trinajstić information content (AvgIpc) is 3.21. The number of nitrogens with zero attached hydrogens (tertiary/aromatic N) is 3. The van der Waals surface area contributed by atoms with Crippen LogP contribution in [0, 0.1) is 0 Å². The van der Waals surface area contributed by atoms with Crippen molar-refractivity contribution < 1.29 is 14.6 Å². The molecule has 1 aromatic carbocycles. The average molecular weight is 317 g/mol. The fraction of sp³-hybridized carbons (Fsp3) is 0.471. The summed E-state index contributed by atoms with van der Waals surface area (Å²) in [5.41, 5.74) is 2.34. The minimum atomic E-state index is -0.194. The molecule has 1 N–H and O–H groups in total. The summed E-state index contributed by atoms with van der Waals surface area (Å²) in [6.07, 6.45) is 3.73. The highest BCUT2D eigenvalue weighted by Gasteiger charge is 2.20. The maximum Gasteiger partial charge on any atom is 0.170 e. The van der Waals surface area contributed by atoms with E-state index in [0.717, 1.165) is 18.7 Å². The van der Waals surface area contributed by atoms with Gasteiger partial charge in [-0.15, -0.1) is 0 Å². The lowest BCUT2D eigenvalue weighted by molar-refractivity contribution is -0.0648. The largest absolute Gasteiger partial charge is 0.395 e. The smallest absolute Gasteiger partial charge is 0.170 e. The van der Waals surface area contributed by atoms with Crippen LogP contribution in [0.3, 0.4) is 0 Å². The third kappa shape index (κ3) is 4.87. The standard InChI is InChI=1S/C17H23N3O3/c21-7-6-19(14-17-22-8-9-23-17)11-16-10-18-20(13-16)12-15-4-2-1-3-5-15/h1-5,10,13,17,21H,6-9,11-12,14H2. The van der Waals surface area contributed by atoms with Crippen molar-refractivity contribution in [2.75, 3.05) is 32.9 Å². The summed E-state index contributed by atoms with van der Waals surface area (Å²) in [6.45, 7) is 4.13. The lowest BCUT2D eigenvalue weighted by atomic mass is 10.2. The third-order valence-electron chi connectivity index (χ3n) is 3.79. The first-order valence-electron chi connectivity index (χ1n) is 7.95. The fourth-order valence-electron chi connectivity index (χ4n) is 2.70. The monoisotopic (exact) mass is 317 g/mol. The first-order chi connectivity index (χ1) is 11.3. The van der Waals surface area contributed by atoms with Crippen LogP contribution in [0.25, 0.3) is 0 Å². The molecule has 1 aliphatic rings. The molecular weight excluding hydrogens is 294 g/mol. The van der Waals surface area contributed by atoms with E-state index in [1.165, 1.54) is 5.56 Å². The summed E-state index contributed by atoms with van der Waals surface area (Å²) in [4.78, 5) is 2.12. The number of ether oxygens (including phenoxy) is 2. The Bertz CT molecular complexity index is 582. The predicted octanol–water partition coefficient (Wildman–Crippen LogP) is 1.10. The summed E-state index contributed by atoms with van der Waals surface area (Å²) in [7, 11) is 0. The molecular formula is C17H23N3O3. The van der Waals surface area contributed by atoms with Crippen LogP contribution in [0.15, 0.2) is 42.7 Å². The molecule has 124 valence electrons. The first kappa shape index (κ1) is 16.1. The highest BCUT2D eigenvalue weighted by Crippen LogP contribution is 2.10. The second-order valence-corrected chi connectivity index (χ2v) is 5.66. The van der Waals surface area contributed by atoms with Crippen LogP contribution in [0.1, 0.15) is 11.1 Å². The molecule has 6 heteroatoms. The van der Waals surface area contributed by atoms with Crippen molar-refractivity contribution >= 4 is 0 Å². The van der Waals surface area contributed by atoms with Gasteiger partial charge in [-0.05, 0) is 5.56 Å². The molecule has 0 unspecified atom stereocenters. The van der Waals surface area contributed by atoms with Gasteiger partial charge in [0.2, 0.25) is 0 Å². The van der Waals surface area contributed by atoms with Gasteiger partial charge >= 0.3 is 0 Å². The number of hydrogen-bond acceptors (Lipinski definition) is 5. The van der Waals surface area contributed by atoms with E-state index in [1.54, 1.807) is 0 Å². The topological polar surface area (TPSA) is 59.8 Å². The highest BCUT2D eigenvalue weighted by molar-refractivity contribution is 5.15. The Morgan fingerprint density at radius 1 is 1.17 bits per heavy atom. The molecule has 1 aliphatic heterocycles. The molecule has 0 radical (unpaired) electrons. The van der Waals surface area contributed by atoms with Crippen LogP contribution >= 0.6 is 0 Å². The highest BCUT2D eigenvalue weighted by atomic mass is 16.7. The van der Waals surface area contributed by atoms with Crippen molar-refractivity contribution in [2.45, 2.75) is 19.4 Å². The molecule has 6 nitrogen and oxygen atoms in total. The zero-order chi connectivity index (χ0) is 15.9. The number of aromatic nitrogens is 2. The van der Waals surface area contributed by atoms with Crippen molar-refractivity contribution in [2.24, 2.45) is 0 Å². The molecule has 3 rings (SSSR count). The van der Waals surface area contributed by atoms with E-state index in [4.69, 9.17) is 9.47 Å². The Balaban J connectivity index is 1.57. The van der Waals surface area contributed by atoms with E-state index in [2.05, 4.69) is 22.1 Å². The van der Waals surface area contributed by atoms with Gasteiger partial charge in [0.25, 0.3) is 0 Å². The van der Waals surface area contributed by atoms with Crippen molar-refractivity contribution in [1.82, 2.24) is 14.7 Å². The number of rotatable bonds is 8. The Kier molecular flexibility index (Phi) is 5.76. The lowest BCUT2D eigenvalue weighted by Crippen LogP contribution is -2.34. The van der Waals surface area contributed by atoms with E-state index in [0.29, 0.717) is 26.3 Å². The predicted molar refractivity (Wildman–Crippen MR) is 85.8 cm³/mol. The molecule has 0 saturated carbocycles. The van der Waals surface area contributed by atoms with Gasteiger partial charge in [-0.3, -0.25) is 9.58 Å². The molecule has 2 aromatic rings. The second-order valence-electron chi connectivity index (χ2n) is 5.66. The molecule has 0 aliphatic carbocycles. The number of aliphatic hydroxyl groups is 1.